The molecule has 140 valence electrons. The van der Waals surface area contributed by atoms with E-state index in [9.17, 15) is 9.59 Å². The summed E-state index contributed by atoms with van der Waals surface area (Å²) in [5.74, 6) is -0.899. The third-order valence-electron chi connectivity index (χ3n) is 3.43. The summed E-state index contributed by atoms with van der Waals surface area (Å²) < 4.78 is 4.78. The molecule has 0 heterocycles. The van der Waals surface area contributed by atoms with Gasteiger partial charge in [0.15, 0.2) is 0 Å². The van der Waals surface area contributed by atoms with Gasteiger partial charge in [0, 0.05) is 0 Å². The van der Waals surface area contributed by atoms with Crippen LogP contribution < -0.4 is 11.1 Å². The van der Waals surface area contributed by atoms with Gasteiger partial charge in [-0.05, 0) is 22.8 Å². The van der Waals surface area contributed by atoms with Crippen molar-refractivity contribution in [2.75, 3.05) is 13.2 Å². The summed E-state index contributed by atoms with van der Waals surface area (Å²) in [6.07, 6.45) is 3.11. The average Bonchev–Trinajstić information content (AvgIpc) is 2.65. The van der Waals surface area contributed by atoms with Crippen molar-refractivity contribution in [3.63, 3.8) is 0 Å². The van der Waals surface area contributed by atoms with E-state index in [-0.39, 0.29) is 19.1 Å². The minimum atomic E-state index is -0.729. The van der Waals surface area contributed by atoms with E-state index in [1.54, 1.807) is 0 Å². The second kappa shape index (κ2) is 11.8. The van der Waals surface area contributed by atoms with E-state index in [1.165, 1.54) is 12.5 Å². The first-order valence-electron chi connectivity index (χ1n) is 8.79. The third-order valence-corrected chi connectivity index (χ3v) is 3.43. The van der Waals surface area contributed by atoms with Crippen LogP contribution in [-0.4, -0.2) is 31.1 Å². The highest BCUT2D eigenvalue weighted by Crippen LogP contribution is 2.19. The minimum Gasteiger partial charge on any atom is -0.460 e. The van der Waals surface area contributed by atoms with Gasteiger partial charge < -0.3 is 15.8 Å². The maximum atomic E-state index is 12.0. The monoisotopic (exact) mass is 356 g/mol. The van der Waals surface area contributed by atoms with Crippen LogP contribution >= 0.6 is 0 Å². The van der Waals surface area contributed by atoms with E-state index < -0.39 is 12.0 Å². The number of hydrogen-bond donors (Lipinski definition) is 2. The lowest BCUT2D eigenvalue weighted by Crippen LogP contribution is -2.44. The lowest BCUT2D eigenvalue weighted by Gasteiger charge is -2.13. The largest absolute Gasteiger partial charge is 0.460 e. The number of ether oxygens (including phenoxy) is 1. The van der Waals surface area contributed by atoms with Crippen LogP contribution in [0.1, 0.15) is 25.8 Å². The second-order valence-corrected chi connectivity index (χ2v) is 5.85. The van der Waals surface area contributed by atoms with Crippen LogP contribution in [0.4, 0.5) is 0 Å². The molecule has 26 heavy (non-hydrogen) atoms. The molecule has 2 aromatic rings. The Morgan fingerprint density at radius 3 is 2.54 bits per heavy atom. The van der Waals surface area contributed by atoms with Crippen molar-refractivity contribution < 1.29 is 14.3 Å². The molecule has 0 fully saturated rings. The Kier molecular flexibility index (Phi) is 9.72. The zero-order valence-electron chi connectivity index (χ0n) is 15.5. The molecule has 3 N–H and O–H groups in total. The number of benzene rings is 2. The van der Waals surface area contributed by atoms with E-state index in [0.29, 0.717) is 6.42 Å². The van der Waals surface area contributed by atoms with Gasteiger partial charge in [0.1, 0.15) is 13.2 Å². The van der Waals surface area contributed by atoms with Gasteiger partial charge in [-0.2, -0.15) is 0 Å². The molecule has 0 saturated heterocycles. The molecule has 0 saturated carbocycles. The molecule has 1 amide bonds. The maximum absolute atomic E-state index is 12.0. The fourth-order valence-corrected chi connectivity index (χ4v) is 2.29. The van der Waals surface area contributed by atoms with Crippen molar-refractivity contribution in [1.82, 2.24) is 5.32 Å². The number of carbonyl (C=O) groups excluding carboxylic acids is 2. The van der Waals surface area contributed by atoms with Crippen LogP contribution in [0.15, 0.2) is 55.1 Å². The van der Waals surface area contributed by atoms with Crippen LogP contribution in [-0.2, 0) is 20.7 Å². The zero-order valence-corrected chi connectivity index (χ0v) is 15.5. The second-order valence-electron chi connectivity index (χ2n) is 5.85. The van der Waals surface area contributed by atoms with Gasteiger partial charge in [0.25, 0.3) is 0 Å². The van der Waals surface area contributed by atoms with Crippen LogP contribution in [0.3, 0.4) is 0 Å². The number of nitrogens with one attached hydrogen (secondary N) is 1. The van der Waals surface area contributed by atoms with E-state index in [4.69, 9.17) is 10.5 Å². The molecule has 0 bridgehead atoms. The van der Waals surface area contributed by atoms with Crippen LogP contribution in [0, 0.1) is 0 Å². The van der Waals surface area contributed by atoms with Crippen molar-refractivity contribution in [1.29, 1.82) is 0 Å². The van der Waals surface area contributed by atoms with Gasteiger partial charge in [-0.25, -0.2) is 0 Å². The fourth-order valence-electron chi connectivity index (χ4n) is 2.29. The normalized spacial score (nSPS) is 11.0. The summed E-state index contributed by atoms with van der Waals surface area (Å²) in [5, 5.41) is 4.66. The van der Waals surface area contributed by atoms with Crippen molar-refractivity contribution in [2.24, 2.45) is 5.73 Å². The molecule has 2 aromatic carbocycles. The van der Waals surface area contributed by atoms with Gasteiger partial charge >= 0.3 is 5.97 Å². The molecule has 2 rings (SSSR count). The number of nitrogens with two attached hydrogens (primary N) is 1. The third kappa shape index (κ3) is 7.07. The number of fused-ring (bicyclic) bond motifs is 1. The lowest BCUT2D eigenvalue weighted by molar-refractivity contribution is -0.142. The Bertz CT molecular complexity index is 723. The highest BCUT2D eigenvalue weighted by Gasteiger charge is 2.16. The minimum absolute atomic E-state index is 0.122. The first-order chi connectivity index (χ1) is 12.5. The summed E-state index contributed by atoms with van der Waals surface area (Å²) in [6.45, 7) is 7.62. The molecule has 5 nitrogen and oxygen atoms in total. The Balaban J connectivity index is 0.00000105. The molecule has 0 aromatic heterocycles. The fraction of sp³-hybridized carbons (Fsp3) is 0.333. The van der Waals surface area contributed by atoms with Gasteiger partial charge in [-0.3, -0.25) is 9.59 Å². The summed E-state index contributed by atoms with van der Waals surface area (Å²) in [7, 11) is 0. The summed E-state index contributed by atoms with van der Waals surface area (Å²) >= 11 is 0. The quantitative estimate of drug-likeness (QED) is 0.590. The topological polar surface area (TPSA) is 81.4 Å². The Morgan fingerprint density at radius 1 is 1.19 bits per heavy atom. The SMILES string of the molecule is C=CCOC(=O)CNC(=O)[C@@H](N)Cc1cccc2ccccc12.CCC. The van der Waals surface area contributed by atoms with Gasteiger partial charge in [-0.1, -0.05) is 75.4 Å². The van der Waals surface area contributed by atoms with E-state index in [0.717, 1.165) is 16.3 Å². The lowest BCUT2D eigenvalue weighted by atomic mass is 9.99. The Morgan fingerprint density at radius 2 is 1.85 bits per heavy atom. The molecule has 0 spiro atoms. The smallest absolute Gasteiger partial charge is 0.325 e. The molecule has 5 heteroatoms. The number of amides is 1. The van der Waals surface area contributed by atoms with Crippen molar-refractivity contribution in [3.05, 3.63) is 60.7 Å². The van der Waals surface area contributed by atoms with E-state index in [2.05, 4.69) is 25.7 Å². The average molecular weight is 356 g/mol. The number of hydrogen-bond acceptors (Lipinski definition) is 4. The highest BCUT2D eigenvalue weighted by molar-refractivity contribution is 5.88. The summed E-state index contributed by atoms with van der Waals surface area (Å²) in [4.78, 5) is 23.3. The Hall–Kier alpha value is -2.66. The van der Waals surface area contributed by atoms with Crippen LogP contribution in [0.25, 0.3) is 10.8 Å². The number of esters is 1. The Labute approximate surface area is 155 Å². The van der Waals surface area contributed by atoms with Gasteiger partial charge in [-0.15, -0.1) is 0 Å². The molecular formula is C21H28N2O3. The predicted molar refractivity (Wildman–Crippen MR) is 106 cm³/mol. The molecule has 0 aliphatic carbocycles. The summed E-state index contributed by atoms with van der Waals surface area (Å²) in [6, 6.07) is 13.1. The van der Waals surface area contributed by atoms with Crippen LogP contribution in [0.5, 0.6) is 0 Å². The van der Waals surface area contributed by atoms with Gasteiger partial charge in [0.05, 0.1) is 6.04 Å². The van der Waals surface area contributed by atoms with Crippen molar-refractivity contribution >= 4 is 22.6 Å². The van der Waals surface area contributed by atoms with E-state index in [1.807, 2.05) is 42.5 Å². The van der Waals surface area contributed by atoms with Crippen molar-refractivity contribution in [3.8, 4) is 0 Å². The van der Waals surface area contributed by atoms with Gasteiger partial charge in [0.2, 0.25) is 5.91 Å². The molecule has 0 aliphatic rings. The maximum Gasteiger partial charge on any atom is 0.325 e. The first kappa shape index (κ1) is 21.4. The molecule has 0 radical (unpaired) electrons. The molecule has 0 aliphatic heterocycles. The van der Waals surface area contributed by atoms with Crippen LogP contribution in [0.2, 0.25) is 0 Å². The predicted octanol–water partition coefficient (Wildman–Crippen LogP) is 2.97. The summed E-state index contributed by atoms with van der Waals surface area (Å²) in [5.41, 5.74) is 6.95. The van der Waals surface area contributed by atoms with E-state index >= 15 is 0 Å². The molecule has 1 atom stereocenters. The number of rotatable bonds is 7. The molecular weight excluding hydrogens is 328 g/mol. The zero-order chi connectivity index (χ0) is 19.4. The molecule has 0 unspecified atom stereocenters. The number of carbonyl (C=O) groups is 2. The van der Waals surface area contributed by atoms with Crippen molar-refractivity contribution in [2.45, 2.75) is 32.7 Å². The highest BCUT2D eigenvalue weighted by atomic mass is 16.5. The standard InChI is InChI=1S/C18H20N2O3.C3H8/c1-2-10-23-17(21)12-20-18(22)16(19)11-14-8-5-7-13-6-3-4-9-15(13)14;1-3-2/h2-9,16H,1,10-12,19H2,(H,20,22);3H2,1-2H3/t16-;/m0./s1. The first-order valence-corrected chi connectivity index (χ1v) is 8.79.